The monoisotopic (exact) mass is 358 g/mol. The molecule has 1 amide bonds. The summed E-state index contributed by atoms with van der Waals surface area (Å²) in [5.74, 6) is 1.15. The number of aromatic nitrogens is 3. The third-order valence-corrected chi connectivity index (χ3v) is 4.95. The number of carbonyl (C=O) groups is 1. The van der Waals surface area contributed by atoms with Crippen molar-refractivity contribution in [2.45, 2.75) is 19.8 Å². The van der Waals surface area contributed by atoms with Crippen LogP contribution in [-0.4, -0.2) is 38.8 Å². The Labute approximate surface area is 159 Å². The largest absolute Gasteiger partial charge is 0.338 e. The number of nitrogens with zero attached hydrogens (tertiary/aromatic N) is 4. The maximum atomic E-state index is 13.2. The highest BCUT2D eigenvalue weighted by Gasteiger charge is 2.25. The Hall–Kier alpha value is -3.08. The van der Waals surface area contributed by atoms with Gasteiger partial charge < -0.3 is 4.90 Å². The molecule has 3 aromatic rings. The number of hydrogen-bond donors (Lipinski definition) is 0. The molecule has 0 N–H and O–H groups in total. The second-order valence-corrected chi connectivity index (χ2v) is 7.06. The van der Waals surface area contributed by atoms with E-state index >= 15 is 0 Å². The summed E-state index contributed by atoms with van der Waals surface area (Å²) < 4.78 is 0. The molecule has 0 bridgehead atoms. The smallest absolute Gasteiger partial charge is 0.257 e. The lowest BCUT2D eigenvalue weighted by Crippen LogP contribution is -2.39. The van der Waals surface area contributed by atoms with Gasteiger partial charge in [0.25, 0.3) is 5.91 Å². The molecule has 136 valence electrons. The van der Waals surface area contributed by atoms with Crippen LogP contribution in [0.25, 0.3) is 22.6 Å². The standard InChI is InChI=1S/C22H22N4O/c1-16-6-5-13-26(15-16)22(27)19-14-24-21(18-7-3-2-4-8-18)25-20(19)17-9-11-23-12-10-17/h2-4,7-12,14,16H,5-6,13,15H2,1H3. The minimum Gasteiger partial charge on any atom is -0.338 e. The van der Waals surface area contributed by atoms with Crippen LogP contribution in [0.15, 0.2) is 61.1 Å². The van der Waals surface area contributed by atoms with Crippen molar-refractivity contribution in [3.63, 3.8) is 0 Å². The molecule has 5 heteroatoms. The topological polar surface area (TPSA) is 59.0 Å². The predicted molar refractivity (Wildman–Crippen MR) is 105 cm³/mol. The van der Waals surface area contributed by atoms with Gasteiger partial charge in [0, 0.05) is 42.8 Å². The lowest BCUT2D eigenvalue weighted by atomic mass is 9.99. The van der Waals surface area contributed by atoms with E-state index < -0.39 is 0 Å². The average molecular weight is 358 g/mol. The Balaban J connectivity index is 1.78. The molecule has 0 saturated carbocycles. The van der Waals surface area contributed by atoms with Crippen LogP contribution in [0.4, 0.5) is 0 Å². The van der Waals surface area contributed by atoms with Crippen LogP contribution in [0.3, 0.4) is 0 Å². The van der Waals surface area contributed by atoms with E-state index in [0.29, 0.717) is 23.0 Å². The highest BCUT2D eigenvalue weighted by Crippen LogP contribution is 2.26. The highest BCUT2D eigenvalue weighted by molar-refractivity contribution is 6.00. The van der Waals surface area contributed by atoms with E-state index in [2.05, 4.69) is 16.9 Å². The maximum absolute atomic E-state index is 13.2. The molecule has 4 rings (SSSR count). The van der Waals surface area contributed by atoms with E-state index in [0.717, 1.165) is 30.6 Å². The summed E-state index contributed by atoms with van der Waals surface area (Å²) in [6, 6.07) is 13.6. The fourth-order valence-electron chi connectivity index (χ4n) is 3.54. The Morgan fingerprint density at radius 3 is 2.59 bits per heavy atom. The molecule has 1 aromatic carbocycles. The van der Waals surface area contributed by atoms with Crippen molar-refractivity contribution >= 4 is 5.91 Å². The lowest BCUT2D eigenvalue weighted by molar-refractivity contribution is 0.0683. The van der Waals surface area contributed by atoms with E-state index in [-0.39, 0.29) is 5.91 Å². The fraction of sp³-hybridized carbons (Fsp3) is 0.273. The SMILES string of the molecule is CC1CCCN(C(=O)c2cnc(-c3ccccc3)nc2-c2ccncc2)C1. The van der Waals surface area contributed by atoms with Gasteiger partial charge in [0.2, 0.25) is 0 Å². The Kier molecular flexibility index (Phi) is 4.92. The third-order valence-electron chi connectivity index (χ3n) is 4.95. The summed E-state index contributed by atoms with van der Waals surface area (Å²) >= 11 is 0. The van der Waals surface area contributed by atoms with Crippen molar-refractivity contribution in [3.05, 3.63) is 66.6 Å². The molecular weight excluding hydrogens is 336 g/mol. The van der Waals surface area contributed by atoms with Gasteiger partial charge >= 0.3 is 0 Å². The number of rotatable bonds is 3. The van der Waals surface area contributed by atoms with E-state index in [1.165, 1.54) is 6.42 Å². The molecule has 3 heterocycles. The molecule has 1 aliphatic rings. The van der Waals surface area contributed by atoms with Crippen molar-refractivity contribution in [1.82, 2.24) is 19.9 Å². The molecular formula is C22H22N4O. The first-order valence-corrected chi connectivity index (χ1v) is 9.34. The fourth-order valence-corrected chi connectivity index (χ4v) is 3.54. The van der Waals surface area contributed by atoms with Crippen molar-refractivity contribution < 1.29 is 4.79 Å². The number of pyridine rings is 1. The minimum absolute atomic E-state index is 0.00738. The highest BCUT2D eigenvalue weighted by atomic mass is 16.2. The quantitative estimate of drug-likeness (QED) is 0.708. The summed E-state index contributed by atoms with van der Waals surface area (Å²) in [4.78, 5) is 28.5. The van der Waals surface area contributed by atoms with E-state index in [1.807, 2.05) is 47.4 Å². The zero-order chi connectivity index (χ0) is 18.6. The second kappa shape index (κ2) is 7.66. The Morgan fingerprint density at radius 2 is 1.85 bits per heavy atom. The normalized spacial score (nSPS) is 16.9. The van der Waals surface area contributed by atoms with Crippen molar-refractivity contribution in [1.29, 1.82) is 0 Å². The number of likely N-dealkylation sites (tertiary alicyclic amines) is 1. The number of benzene rings is 1. The number of amides is 1. The maximum Gasteiger partial charge on any atom is 0.257 e. The zero-order valence-electron chi connectivity index (χ0n) is 15.4. The molecule has 0 aliphatic carbocycles. The molecule has 1 saturated heterocycles. The predicted octanol–water partition coefficient (Wildman–Crippen LogP) is 4.08. The number of piperidine rings is 1. The summed E-state index contributed by atoms with van der Waals surface area (Å²) in [6.07, 6.45) is 7.32. The van der Waals surface area contributed by atoms with E-state index in [4.69, 9.17) is 4.98 Å². The number of carbonyl (C=O) groups excluding carboxylic acids is 1. The Morgan fingerprint density at radius 1 is 1.07 bits per heavy atom. The number of hydrogen-bond acceptors (Lipinski definition) is 4. The van der Waals surface area contributed by atoms with Crippen LogP contribution in [0.2, 0.25) is 0 Å². The van der Waals surface area contributed by atoms with Gasteiger partial charge in [-0.2, -0.15) is 0 Å². The van der Waals surface area contributed by atoms with E-state index in [9.17, 15) is 4.79 Å². The summed E-state index contributed by atoms with van der Waals surface area (Å²) in [7, 11) is 0. The van der Waals surface area contributed by atoms with Crippen LogP contribution in [0.5, 0.6) is 0 Å². The van der Waals surface area contributed by atoms with E-state index in [1.54, 1.807) is 18.6 Å². The van der Waals surface area contributed by atoms with Gasteiger partial charge in [0.1, 0.15) is 0 Å². The molecule has 1 unspecified atom stereocenters. The zero-order valence-corrected chi connectivity index (χ0v) is 15.4. The van der Waals surface area contributed by atoms with Crippen molar-refractivity contribution in [3.8, 4) is 22.6 Å². The molecule has 1 aliphatic heterocycles. The molecule has 2 aromatic heterocycles. The van der Waals surface area contributed by atoms with Gasteiger partial charge in [0.15, 0.2) is 5.82 Å². The summed E-state index contributed by atoms with van der Waals surface area (Å²) in [5.41, 5.74) is 3.01. The first-order valence-electron chi connectivity index (χ1n) is 9.34. The average Bonchev–Trinajstić information content (AvgIpc) is 2.74. The molecule has 5 nitrogen and oxygen atoms in total. The summed E-state index contributed by atoms with van der Waals surface area (Å²) in [5, 5.41) is 0. The van der Waals surface area contributed by atoms with Gasteiger partial charge in [-0.15, -0.1) is 0 Å². The van der Waals surface area contributed by atoms with Gasteiger partial charge in [-0.05, 0) is 30.9 Å². The van der Waals surface area contributed by atoms with Crippen molar-refractivity contribution in [2.24, 2.45) is 5.92 Å². The second-order valence-electron chi connectivity index (χ2n) is 7.06. The molecule has 1 fully saturated rings. The van der Waals surface area contributed by atoms with Crippen LogP contribution < -0.4 is 0 Å². The molecule has 0 radical (unpaired) electrons. The third kappa shape index (κ3) is 3.72. The van der Waals surface area contributed by atoms with Crippen molar-refractivity contribution in [2.75, 3.05) is 13.1 Å². The molecule has 1 atom stereocenters. The summed E-state index contributed by atoms with van der Waals surface area (Å²) in [6.45, 7) is 3.77. The first kappa shape index (κ1) is 17.3. The van der Waals surface area contributed by atoms with Crippen LogP contribution >= 0.6 is 0 Å². The first-order chi connectivity index (χ1) is 13.2. The minimum atomic E-state index is 0.00738. The lowest BCUT2D eigenvalue weighted by Gasteiger charge is -2.31. The van der Waals surface area contributed by atoms with Gasteiger partial charge in [-0.1, -0.05) is 37.3 Å². The van der Waals surface area contributed by atoms with Gasteiger partial charge in [-0.3, -0.25) is 9.78 Å². The van der Waals surface area contributed by atoms with Gasteiger partial charge in [0.05, 0.1) is 11.3 Å². The Bertz CT molecular complexity index is 928. The van der Waals surface area contributed by atoms with Crippen LogP contribution in [-0.2, 0) is 0 Å². The van der Waals surface area contributed by atoms with Crippen LogP contribution in [0, 0.1) is 5.92 Å². The molecule has 0 spiro atoms. The molecule has 27 heavy (non-hydrogen) atoms. The van der Waals surface area contributed by atoms with Crippen LogP contribution in [0.1, 0.15) is 30.1 Å². The van der Waals surface area contributed by atoms with Gasteiger partial charge in [-0.25, -0.2) is 9.97 Å².